The van der Waals surface area contributed by atoms with Gasteiger partial charge in [-0.1, -0.05) is 19.4 Å². The number of imide groups is 1. The molecule has 2 N–H and O–H groups in total. The quantitative estimate of drug-likeness (QED) is 0.368. The number of unbranched alkanes of at least 4 members (excludes halogenated alkanes) is 1. The van der Waals surface area contributed by atoms with Gasteiger partial charge in [0.15, 0.2) is 11.5 Å². The Morgan fingerprint density at radius 2 is 1.88 bits per heavy atom. The Morgan fingerprint density at radius 1 is 1.12 bits per heavy atom. The van der Waals surface area contributed by atoms with Gasteiger partial charge in [-0.15, -0.1) is 0 Å². The van der Waals surface area contributed by atoms with E-state index in [1.54, 1.807) is 24.1 Å². The number of ether oxygens (including phenoxy) is 2. The number of fused-ring (bicyclic) bond motifs is 1. The standard InChI is InChI=1S/C28H40N4O8/c1-3-4-10-30(11-5-14-33)25(35)17-31-16-20(19-6-7-22-23(15-19)40-18-39-22)26(27(36)37)21(31)8-13-32-24(34)9-12-29(2)28(32)38/h6-7,15,20-21,26,33H,3-5,8-14,16-18H2,1-2H3,(H,36,37)/t20-,21+,26-/m1/s1. The first-order valence-electron chi connectivity index (χ1n) is 14.1. The first-order valence-corrected chi connectivity index (χ1v) is 14.1. The number of hydrogen-bond donors (Lipinski definition) is 2. The Labute approximate surface area is 234 Å². The summed E-state index contributed by atoms with van der Waals surface area (Å²) in [6.45, 7) is 3.84. The molecule has 1 aromatic carbocycles. The van der Waals surface area contributed by atoms with Gasteiger partial charge in [0.25, 0.3) is 0 Å². The van der Waals surface area contributed by atoms with Crippen molar-refractivity contribution in [3.8, 4) is 11.5 Å². The fraction of sp³-hybridized carbons (Fsp3) is 0.643. The number of carboxylic acid groups (broad SMARTS) is 1. The third kappa shape index (κ3) is 6.49. The number of aliphatic carboxylic acids is 1. The number of carbonyl (C=O) groups is 4. The number of carboxylic acids is 1. The molecule has 2 saturated heterocycles. The van der Waals surface area contributed by atoms with Crippen molar-refractivity contribution in [2.24, 2.45) is 5.92 Å². The van der Waals surface area contributed by atoms with Crippen LogP contribution in [0.5, 0.6) is 11.5 Å². The number of aliphatic hydroxyl groups excluding tert-OH is 1. The maximum atomic E-state index is 13.5. The zero-order chi connectivity index (χ0) is 28.8. The smallest absolute Gasteiger partial charge is 0.326 e. The topological polar surface area (TPSA) is 140 Å². The summed E-state index contributed by atoms with van der Waals surface area (Å²) in [5.74, 6) is -1.58. The van der Waals surface area contributed by atoms with Gasteiger partial charge in [0.1, 0.15) is 0 Å². The molecule has 40 heavy (non-hydrogen) atoms. The van der Waals surface area contributed by atoms with Crippen LogP contribution in [-0.4, -0.2) is 119 Å². The van der Waals surface area contributed by atoms with E-state index in [1.165, 1.54) is 9.80 Å². The Kier molecular flexibility index (Phi) is 9.85. The SMILES string of the molecule is CCCCN(CCCO)C(=O)CN1C[C@H](c2ccc3c(c2)OCO3)[C@@H](C(=O)O)[C@@H]1CCN1C(=O)CCN(C)C1=O. The molecule has 12 nitrogen and oxygen atoms in total. The lowest BCUT2D eigenvalue weighted by Crippen LogP contribution is -2.52. The average molecular weight is 561 g/mol. The molecule has 12 heteroatoms. The number of rotatable bonds is 13. The molecule has 220 valence electrons. The van der Waals surface area contributed by atoms with Crippen LogP contribution in [0.2, 0.25) is 0 Å². The van der Waals surface area contributed by atoms with E-state index in [-0.39, 0.29) is 51.1 Å². The number of carbonyl (C=O) groups excluding carboxylic acids is 3. The lowest BCUT2D eigenvalue weighted by molar-refractivity contribution is -0.144. The van der Waals surface area contributed by atoms with Crippen LogP contribution in [0.1, 0.15) is 50.5 Å². The number of aliphatic hydroxyl groups is 1. The Balaban J connectivity index is 1.60. The third-order valence-corrected chi connectivity index (χ3v) is 8.09. The molecule has 3 aliphatic rings. The molecule has 1 aromatic rings. The van der Waals surface area contributed by atoms with Gasteiger partial charge < -0.3 is 29.5 Å². The molecule has 4 rings (SSSR count). The zero-order valence-electron chi connectivity index (χ0n) is 23.3. The van der Waals surface area contributed by atoms with Gasteiger partial charge in [-0.05, 0) is 37.0 Å². The first kappa shape index (κ1) is 29.6. The molecular weight excluding hydrogens is 520 g/mol. The second kappa shape index (κ2) is 13.3. The number of benzene rings is 1. The minimum Gasteiger partial charge on any atom is -0.481 e. The van der Waals surface area contributed by atoms with E-state index in [2.05, 4.69) is 0 Å². The zero-order valence-corrected chi connectivity index (χ0v) is 23.3. The number of urea groups is 1. The van der Waals surface area contributed by atoms with Gasteiger partial charge in [0, 0.05) is 64.8 Å². The van der Waals surface area contributed by atoms with Crippen LogP contribution in [0, 0.1) is 5.92 Å². The predicted molar refractivity (Wildman–Crippen MR) is 144 cm³/mol. The van der Waals surface area contributed by atoms with E-state index >= 15 is 0 Å². The van der Waals surface area contributed by atoms with E-state index in [0.717, 1.165) is 18.4 Å². The lowest BCUT2D eigenvalue weighted by atomic mass is 9.84. The van der Waals surface area contributed by atoms with Crippen molar-refractivity contribution >= 4 is 23.8 Å². The van der Waals surface area contributed by atoms with Gasteiger partial charge in [-0.3, -0.25) is 24.2 Å². The van der Waals surface area contributed by atoms with Gasteiger partial charge in [-0.25, -0.2) is 4.79 Å². The van der Waals surface area contributed by atoms with Crippen molar-refractivity contribution in [2.45, 2.75) is 51.0 Å². The molecule has 4 amide bonds. The summed E-state index contributed by atoms with van der Waals surface area (Å²) >= 11 is 0. The Bertz CT molecular complexity index is 1090. The number of hydrogen-bond acceptors (Lipinski definition) is 8. The van der Waals surface area contributed by atoms with Gasteiger partial charge in [-0.2, -0.15) is 0 Å². The molecule has 0 aromatic heterocycles. The van der Waals surface area contributed by atoms with Crippen molar-refractivity contribution < 1.29 is 38.9 Å². The van der Waals surface area contributed by atoms with Crippen LogP contribution < -0.4 is 9.47 Å². The summed E-state index contributed by atoms with van der Waals surface area (Å²) in [6.07, 6.45) is 2.64. The highest BCUT2D eigenvalue weighted by molar-refractivity contribution is 5.96. The second-order valence-corrected chi connectivity index (χ2v) is 10.7. The summed E-state index contributed by atoms with van der Waals surface area (Å²) in [6, 6.07) is 4.41. The molecule has 0 saturated carbocycles. The Hall–Kier alpha value is -3.38. The average Bonchev–Trinajstić information content (AvgIpc) is 3.55. The van der Waals surface area contributed by atoms with Crippen molar-refractivity contribution in [3.05, 3.63) is 23.8 Å². The molecule has 0 unspecified atom stereocenters. The highest BCUT2D eigenvalue weighted by atomic mass is 16.7. The molecule has 0 radical (unpaired) electrons. The van der Waals surface area contributed by atoms with Crippen molar-refractivity contribution in [3.63, 3.8) is 0 Å². The number of amides is 4. The van der Waals surface area contributed by atoms with Gasteiger partial charge in [0.05, 0.1) is 12.5 Å². The fourth-order valence-corrected chi connectivity index (χ4v) is 5.87. The monoisotopic (exact) mass is 560 g/mol. The van der Waals surface area contributed by atoms with Gasteiger partial charge in [0.2, 0.25) is 18.6 Å². The molecule has 2 fully saturated rings. The highest BCUT2D eigenvalue weighted by Crippen LogP contribution is 2.42. The molecule has 0 spiro atoms. The molecule has 0 bridgehead atoms. The number of nitrogens with zero attached hydrogens (tertiary/aromatic N) is 4. The molecular formula is C28H40N4O8. The maximum Gasteiger partial charge on any atom is 0.326 e. The maximum absolute atomic E-state index is 13.5. The number of likely N-dealkylation sites (tertiary alicyclic amines) is 1. The summed E-state index contributed by atoms with van der Waals surface area (Å²) in [7, 11) is 1.63. The minimum absolute atomic E-state index is 0.00639. The van der Waals surface area contributed by atoms with Crippen LogP contribution in [0.3, 0.4) is 0 Å². The second-order valence-electron chi connectivity index (χ2n) is 10.7. The largest absolute Gasteiger partial charge is 0.481 e. The molecule has 3 atom stereocenters. The van der Waals surface area contributed by atoms with E-state index in [1.807, 2.05) is 17.9 Å². The van der Waals surface area contributed by atoms with Crippen LogP contribution in [0.4, 0.5) is 4.79 Å². The van der Waals surface area contributed by atoms with Crippen LogP contribution >= 0.6 is 0 Å². The highest BCUT2D eigenvalue weighted by Gasteiger charge is 2.48. The van der Waals surface area contributed by atoms with Crippen LogP contribution in [-0.2, 0) is 14.4 Å². The minimum atomic E-state index is -1.00. The van der Waals surface area contributed by atoms with Crippen molar-refractivity contribution in [2.75, 3.05) is 59.7 Å². The lowest BCUT2D eigenvalue weighted by Gasteiger charge is -2.34. The van der Waals surface area contributed by atoms with E-state index in [4.69, 9.17) is 9.47 Å². The summed E-state index contributed by atoms with van der Waals surface area (Å²) < 4.78 is 10.9. The van der Waals surface area contributed by atoms with Crippen LogP contribution in [0.15, 0.2) is 18.2 Å². The molecule has 3 heterocycles. The van der Waals surface area contributed by atoms with Crippen LogP contribution in [0.25, 0.3) is 0 Å². The van der Waals surface area contributed by atoms with E-state index in [9.17, 15) is 29.4 Å². The summed E-state index contributed by atoms with van der Waals surface area (Å²) in [5.41, 5.74) is 0.768. The Morgan fingerprint density at radius 3 is 2.60 bits per heavy atom. The first-order chi connectivity index (χ1) is 19.2. The van der Waals surface area contributed by atoms with E-state index < -0.39 is 29.9 Å². The molecule has 3 aliphatic heterocycles. The fourth-order valence-electron chi connectivity index (χ4n) is 5.87. The van der Waals surface area contributed by atoms with E-state index in [0.29, 0.717) is 44.1 Å². The van der Waals surface area contributed by atoms with Crippen molar-refractivity contribution in [1.82, 2.24) is 19.6 Å². The summed E-state index contributed by atoms with van der Waals surface area (Å²) in [4.78, 5) is 57.8. The predicted octanol–water partition coefficient (Wildman–Crippen LogP) is 1.57. The molecule has 0 aliphatic carbocycles. The summed E-state index contributed by atoms with van der Waals surface area (Å²) in [5, 5.41) is 19.8. The van der Waals surface area contributed by atoms with Crippen molar-refractivity contribution in [1.29, 1.82) is 0 Å². The normalized spacial score (nSPS) is 22.7. The third-order valence-electron chi connectivity index (χ3n) is 8.09. The van der Waals surface area contributed by atoms with Gasteiger partial charge >= 0.3 is 12.0 Å².